The molecular weight excluding hydrogens is 238 g/mol. The third-order valence-corrected chi connectivity index (χ3v) is 3.35. The summed E-state index contributed by atoms with van der Waals surface area (Å²) in [4.78, 5) is 34.8. The van der Waals surface area contributed by atoms with Crippen LogP contribution in [0.2, 0.25) is 0 Å². The van der Waals surface area contributed by atoms with Gasteiger partial charge in [-0.3, -0.25) is 9.59 Å². The summed E-state index contributed by atoms with van der Waals surface area (Å²) in [5.41, 5.74) is 0.705. The van der Waals surface area contributed by atoms with Gasteiger partial charge in [-0.25, -0.2) is 4.79 Å². The second-order valence-corrected chi connectivity index (χ2v) is 4.67. The molecule has 0 spiro atoms. The van der Waals surface area contributed by atoms with Gasteiger partial charge in [0.05, 0.1) is 6.42 Å². The predicted molar refractivity (Wildman–Crippen MR) is 62.9 cm³/mol. The minimum atomic E-state index is -1.17. The van der Waals surface area contributed by atoms with Crippen LogP contribution in [-0.2, 0) is 14.4 Å². The highest BCUT2D eigenvalue weighted by molar-refractivity contribution is 5.84. The van der Waals surface area contributed by atoms with Gasteiger partial charge in [0.15, 0.2) is 0 Å². The number of hydrogen-bond acceptors (Lipinski definition) is 3. The Morgan fingerprint density at radius 2 is 1.83 bits per heavy atom. The highest BCUT2D eigenvalue weighted by Crippen LogP contribution is 2.36. The van der Waals surface area contributed by atoms with Crippen LogP contribution >= 0.6 is 0 Å². The number of carbonyl (C=O) groups excluding carboxylic acids is 1. The van der Waals surface area contributed by atoms with E-state index in [-0.39, 0.29) is 24.8 Å². The second-order valence-electron chi connectivity index (χ2n) is 4.67. The summed E-state index contributed by atoms with van der Waals surface area (Å²) in [5.74, 6) is -3.50. The number of carboxylic acids is 2. The van der Waals surface area contributed by atoms with Crippen LogP contribution in [0, 0.1) is 11.8 Å². The first-order valence-electron chi connectivity index (χ1n) is 5.63. The van der Waals surface area contributed by atoms with Gasteiger partial charge in [-0.05, 0) is 6.92 Å². The summed E-state index contributed by atoms with van der Waals surface area (Å²) in [6.07, 6.45) is -0.279. The first-order valence-corrected chi connectivity index (χ1v) is 5.63. The molecule has 3 atom stereocenters. The monoisotopic (exact) mass is 255 g/mol. The highest BCUT2D eigenvalue weighted by Gasteiger charge is 2.47. The highest BCUT2D eigenvalue weighted by atomic mass is 16.4. The van der Waals surface area contributed by atoms with Crippen LogP contribution in [0.25, 0.3) is 0 Å². The zero-order valence-corrected chi connectivity index (χ0v) is 10.4. The molecule has 6 nitrogen and oxygen atoms in total. The SMILES string of the molecule is C=C(C)C1CN(C(C)=O)C(C(=O)O)C1CC(=O)O. The minimum absolute atomic E-state index is 0.222. The number of rotatable bonds is 4. The third kappa shape index (κ3) is 2.69. The number of nitrogens with zero attached hydrogens (tertiary/aromatic N) is 1. The smallest absolute Gasteiger partial charge is 0.326 e. The molecule has 1 aliphatic rings. The van der Waals surface area contributed by atoms with Crippen molar-refractivity contribution in [1.29, 1.82) is 0 Å². The van der Waals surface area contributed by atoms with E-state index in [1.165, 1.54) is 11.8 Å². The van der Waals surface area contributed by atoms with E-state index in [1.54, 1.807) is 6.92 Å². The fraction of sp³-hybridized carbons (Fsp3) is 0.583. The van der Waals surface area contributed by atoms with Crippen LogP contribution in [0.15, 0.2) is 12.2 Å². The first-order chi connectivity index (χ1) is 8.25. The largest absolute Gasteiger partial charge is 0.481 e. The molecule has 1 aliphatic heterocycles. The topological polar surface area (TPSA) is 94.9 Å². The van der Waals surface area contributed by atoms with E-state index in [0.29, 0.717) is 5.57 Å². The van der Waals surface area contributed by atoms with Gasteiger partial charge in [0.2, 0.25) is 5.91 Å². The van der Waals surface area contributed by atoms with Gasteiger partial charge in [-0.2, -0.15) is 0 Å². The van der Waals surface area contributed by atoms with Crippen LogP contribution in [-0.4, -0.2) is 45.5 Å². The van der Waals surface area contributed by atoms with E-state index < -0.39 is 23.9 Å². The third-order valence-electron chi connectivity index (χ3n) is 3.35. The summed E-state index contributed by atoms with van der Waals surface area (Å²) in [7, 11) is 0. The summed E-state index contributed by atoms with van der Waals surface area (Å²) < 4.78 is 0. The van der Waals surface area contributed by atoms with Crippen molar-refractivity contribution in [3.05, 3.63) is 12.2 Å². The summed E-state index contributed by atoms with van der Waals surface area (Å²) in [5, 5.41) is 18.1. The number of carbonyl (C=O) groups is 3. The lowest BCUT2D eigenvalue weighted by Gasteiger charge is -2.23. The van der Waals surface area contributed by atoms with Gasteiger partial charge in [0.1, 0.15) is 6.04 Å². The van der Waals surface area contributed by atoms with Crippen molar-refractivity contribution in [3.8, 4) is 0 Å². The Labute approximate surface area is 105 Å². The van der Waals surface area contributed by atoms with E-state index in [1.807, 2.05) is 0 Å². The van der Waals surface area contributed by atoms with E-state index >= 15 is 0 Å². The van der Waals surface area contributed by atoms with Gasteiger partial charge >= 0.3 is 11.9 Å². The van der Waals surface area contributed by atoms with E-state index in [9.17, 15) is 19.5 Å². The van der Waals surface area contributed by atoms with Crippen molar-refractivity contribution in [1.82, 2.24) is 4.90 Å². The molecule has 1 rings (SSSR count). The molecular formula is C12H17NO5. The normalized spacial score (nSPS) is 27.0. The lowest BCUT2D eigenvalue weighted by Crippen LogP contribution is -2.42. The molecule has 0 aromatic carbocycles. The molecule has 3 unspecified atom stereocenters. The molecule has 0 aromatic rings. The molecule has 6 heteroatoms. The Balaban J connectivity index is 3.10. The van der Waals surface area contributed by atoms with Crippen molar-refractivity contribution < 1.29 is 24.6 Å². The molecule has 0 radical (unpaired) electrons. The number of hydrogen-bond donors (Lipinski definition) is 2. The van der Waals surface area contributed by atoms with Crippen LogP contribution in [0.1, 0.15) is 20.3 Å². The first kappa shape index (κ1) is 14.2. The molecule has 2 N–H and O–H groups in total. The molecule has 0 bridgehead atoms. The molecule has 18 heavy (non-hydrogen) atoms. The lowest BCUT2D eigenvalue weighted by atomic mass is 9.84. The Bertz CT molecular complexity index is 403. The average Bonchev–Trinajstić information content (AvgIpc) is 2.56. The quantitative estimate of drug-likeness (QED) is 0.717. The van der Waals surface area contributed by atoms with Gasteiger partial charge in [-0.1, -0.05) is 12.2 Å². The standard InChI is InChI=1S/C12H17NO5/c1-6(2)9-5-13(7(3)14)11(12(17)18)8(9)4-10(15)16/h8-9,11H,1,4-5H2,2-3H3,(H,15,16)(H,17,18). The number of aliphatic carboxylic acids is 2. The van der Waals surface area contributed by atoms with E-state index in [4.69, 9.17) is 5.11 Å². The van der Waals surface area contributed by atoms with Gasteiger partial charge < -0.3 is 15.1 Å². The second kappa shape index (κ2) is 5.20. The lowest BCUT2D eigenvalue weighted by molar-refractivity contribution is -0.150. The molecule has 1 heterocycles. The Morgan fingerprint density at radius 3 is 2.17 bits per heavy atom. The maximum Gasteiger partial charge on any atom is 0.326 e. The summed E-state index contributed by atoms with van der Waals surface area (Å²) >= 11 is 0. The van der Waals surface area contributed by atoms with Gasteiger partial charge in [0.25, 0.3) is 0 Å². The molecule has 0 saturated carbocycles. The number of carboxylic acid groups (broad SMARTS) is 2. The van der Waals surface area contributed by atoms with Gasteiger partial charge in [-0.15, -0.1) is 0 Å². The molecule has 1 saturated heterocycles. The predicted octanol–water partition coefficient (Wildman–Crippen LogP) is 0.585. The number of likely N-dealkylation sites (tertiary alicyclic amines) is 1. The maximum atomic E-state index is 11.4. The molecule has 1 fully saturated rings. The number of amides is 1. The Hall–Kier alpha value is -1.85. The van der Waals surface area contributed by atoms with Crippen LogP contribution in [0.5, 0.6) is 0 Å². The summed E-state index contributed by atoms with van der Waals surface area (Å²) in [6, 6.07) is -1.08. The van der Waals surface area contributed by atoms with Crippen molar-refractivity contribution in [2.24, 2.45) is 11.8 Å². The fourth-order valence-electron chi connectivity index (χ4n) is 2.53. The zero-order chi connectivity index (χ0) is 14.0. The van der Waals surface area contributed by atoms with Crippen molar-refractivity contribution in [2.45, 2.75) is 26.3 Å². The molecule has 0 aliphatic carbocycles. The van der Waals surface area contributed by atoms with Crippen LogP contribution in [0.3, 0.4) is 0 Å². The Kier molecular flexibility index (Phi) is 4.11. The molecule has 1 amide bonds. The van der Waals surface area contributed by atoms with Crippen LogP contribution < -0.4 is 0 Å². The van der Waals surface area contributed by atoms with Crippen molar-refractivity contribution in [2.75, 3.05) is 6.54 Å². The average molecular weight is 255 g/mol. The fourth-order valence-corrected chi connectivity index (χ4v) is 2.53. The van der Waals surface area contributed by atoms with Crippen LogP contribution in [0.4, 0.5) is 0 Å². The van der Waals surface area contributed by atoms with E-state index in [2.05, 4.69) is 6.58 Å². The van der Waals surface area contributed by atoms with E-state index in [0.717, 1.165) is 0 Å². The Morgan fingerprint density at radius 1 is 1.28 bits per heavy atom. The van der Waals surface area contributed by atoms with Crippen molar-refractivity contribution in [3.63, 3.8) is 0 Å². The van der Waals surface area contributed by atoms with Crippen molar-refractivity contribution >= 4 is 17.8 Å². The zero-order valence-electron chi connectivity index (χ0n) is 10.4. The maximum absolute atomic E-state index is 11.4. The molecule has 0 aromatic heterocycles. The van der Waals surface area contributed by atoms with Gasteiger partial charge in [0, 0.05) is 25.3 Å². The minimum Gasteiger partial charge on any atom is -0.481 e. The summed E-state index contributed by atoms with van der Waals surface area (Å²) in [6.45, 7) is 6.99. The molecule has 100 valence electrons.